The Bertz CT molecular complexity index is 963. The number of aliphatic carboxylic acids is 2. The summed E-state index contributed by atoms with van der Waals surface area (Å²) in [6.45, 7) is 1.56. The molecule has 160 valence electrons. The second-order valence-electron chi connectivity index (χ2n) is 5.93. The minimum absolute atomic E-state index is 0.0755. The molecule has 0 fully saturated rings. The lowest BCUT2D eigenvalue weighted by Gasteiger charge is -2.31. The van der Waals surface area contributed by atoms with E-state index >= 15 is 0 Å². The zero-order valence-corrected chi connectivity index (χ0v) is 17.8. The van der Waals surface area contributed by atoms with E-state index in [1.807, 2.05) is 6.92 Å². The summed E-state index contributed by atoms with van der Waals surface area (Å²) >= 11 is 3.96. The number of amides is 1. The molecule has 0 unspecified atom stereocenters. The normalized spacial score (nSPS) is 17.3. The lowest BCUT2D eigenvalue weighted by atomic mass is 10.2. The molecule has 0 radical (unpaired) electrons. The Morgan fingerprint density at radius 1 is 1.40 bits per heavy atom. The van der Waals surface area contributed by atoms with Crippen molar-refractivity contribution in [1.29, 1.82) is 0 Å². The summed E-state index contributed by atoms with van der Waals surface area (Å²) in [7, 11) is 0. The molecule has 13 nitrogen and oxygen atoms in total. The predicted octanol–water partition coefficient (Wildman–Crippen LogP) is -0.804. The van der Waals surface area contributed by atoms with E-state index in [4.69, 9.17) is 0 Å². The largest absolute Gasteiger partial charge is 0.480 e. The number of carbonyl (C=O) groups excluding carboxylic acids is 1. The molecule has 1 amide bonds. The number of hydrogen-bond acceptors (Lipinski definition) is 12. The van der Waals surface area contributed by atoms with Crippen molar-refractivity contribution < 1.29 is 24.6 Å². The van der Waals surface area contributed by atoms with Crippen LogP contribution in [0.15, 0.2) is 21.9 Å². The first-order valence-electron chi connectivity index (χ1n) is 8.32. The first-order valence-corrected chi connectivity index (χ1v) is 11.2. The summed E-state index contributed by atoms with van der Waals surface area (Å²) in [5.41, 5.74) is 0.527. The molecule has 30 heavy (non-hydrogen) atoms. The van der Waals surface area contributed by atoms with Gasteiger partial charge in [-0.25, -0.2) is 14.3 Å². The Hall–Kier alpha value is -2.72. The molecule has 0 aliphatic carbocycles. The minimum atomic E-state index is -1.35. The van der Waals surface area contributed by atoms with Crippen molar-refractivity contribution in [3.8, 4) is 0 Å². The van der Waals surface area contributed by atoms with E-state index in [2.05, 4.69) is 36.4 Å². The van der Waals surface area contributed by atoms with Gasteiger partial charge in [0.05, 0.1) is 0 Å². The van der Waals surface area contributed by atoms with Crippen LogP contribution in [0.5, 0.6) is 0 Å². The van der Waals surface area contributed by atoms with Crippen molar-refractivity contribution in [1.82, 2.24) is 41.0 Å². The summed E-state index contributed by atoms with van der Waals surface area (Å²) in [5.74, 6) is -2.46. The molecule has 3 heterocycles. The van der Waals surface area contributed by atoms with Gasteiger partial charge < -0.3 is 20.8 Å². The maximum atomic E-state index is 12.1. The summed E-state index contributed by atoms with van der Waals surface area (Å²) in [5, 5.41) is 42.4. The maximum Gasteiger partial charge on any atom is 0.352 e. The molecular formula is C14H16N8O5S3. The highest BCUT2D eigenvalue weighted by Gasteiger charge is 2.35. The van der Waals surface area contributed by atoms with Crippen LogP contribution >= 0.6 is 34.9 Å². The van der Waals surface area contributed by atoms with Gasteiger partial charge in [0.1, 0.15) is 29.0 Å². The number of nitrogens with zero attached hydrogens (tertiary/aromatic N) is 6. The van der Waals surface area contributed by atoms with Gasteiger partial charge in [-0.2, -0.15) is 0 Å². The van der Waals surface area contributed by atoms with Gasteiger partial charge in [0.15, 0.2) is 10.4 Å². The first-order chi connectivity index (χ1) is 14.3. The second kappa shape index (κ2) is 9.86. The van der Waals surface area contributed by atoms with Gasteiger partial charge in [-0.1, -0.05) is 23.1 Å². The topological polar surface area (TPSA) is 185 Å². The van der Waals surface area contributed by atoms with Crippen molar-refractivity contribution in [3.05, 3.63) is 22.6 Å². The first kappa shape index (κ1) is 22.0. The van der Waals surface area contributed by atoms with Gasteiger partial charge in [0, 0.05) is 11.5 Å². The van der Waals surface area contributed by atoms with E-state index in [1.165, 1.54) is 41.2 Å². The van der Waals surface area contributed by atoms with E-state index < -0.39 is 29.3 Å². The van der Waals surface area contributed by atoms with Crippen LogP contribution in [0.4, 0.5) is 0 Å². The number of tetrazole rings is 1. The molecule has 0 spiro atoms. The molecule has 1 aliphatic heterocycles. The highest BCUT2D eigenvalue weighted by molar-refractivity contribution is 8.01. The Kier molecular flexibility index (Phi) is 7.22. The molecule has 0 saturated carbocycles. The van der Waals surface area contributed by atoms with Crippen LogP contribution in [0, 0.1) is 6.92 Å². The number of aromatic nitrogens is 6. The third kappa shape index (κ3) is 5.67. The van der Waals surface area contributed by atoms with Gasteiger partial charge in [-0.3, -0.25) is 4.79 Å². The molecule has 0 bridgehead atoms. The van der Waals surface area contributed by atoms with E-state index in [9.17, 15) is 24.6 Å². The van der Waals surface area contributed by atoms with Crippen LogP contribution in [-0.2, 0) is 20.9 Å². The zero-order chi connectivity index (χ0) is 21.7. The van der Waals surface area contributed by atoms with Crippen LogP contribution in [0.25, 0.3) is 0 Å². The molecular weight excluding hydrogens is 456 g/mol. The molecule has 16 heteroatoms. The molecule has 4 N–H and O–H groups in total. The predicted molar refractivity (Wildman–Crippen MR) is 107 cm³/mol. The number of nitrogens with one attached hydrogen (secondary N) is 2. The number of thioether (sulfide) groups is 2. The molecule has 2 aromatic heterocycles. The fourth-order valence-electron chi connectivity index (χ4n) is 2.43. The monoisotopic (exact) mass is 472 g/mol. The van der Waals surface area contributed by atoms with E-state index in [0.717, 1.165) is 14.0 Å². The molecule has 0 aromatic carbocycles. The molecule has 1 aliphatic rings. The number of rotatable bonds is 9. The Balaban J connectivity index is 1.67. The van der Waals surface area contributed by atoms with Gasteiger partial charge in [-0.15, -0.1) is 27.1 Å². The SMILES string of the molecule is Cc1nnc(SCC2=C(C(=O)O)N[C@@H]([C@H](NC(=O)Cn3cnnn3)C(=O)O)SC2)s1. The summed E-state index contributed by atoms with van der Waals surface area (Å²) in [4.78, 5) is 35.6. The van der Waals surface area contributed by atoms with Crippen LogP contribution in [0.2, 0.25) is 0 Å². The van der Waals surface area contributed by atoms with Crippen molar-refractivity contribution in [2.75, 3.05) is 11.5 Å². The Morgan fingerprint density at radius 2 is 2.20 bits per heavy atom. The Morgan fingerprint density at radius 3 is 2.80 bits per heavy atom. The summed E-state index contributed by atoms with van der Waals surface area (Å²) in [6.07, 6.45) is 1.22. The van der Waals surface area contributed by atoms with Crippen LogP contribution in [-0.4, -0.2) is 81.4 Å². The third-order valence-corrected chi connectivity index (χ3v) is 7.07. The highest BCUT2D eigenvalue weighted by atomic mass is 32.2. The average Bonchev–Trinajstić information content (AvgIpc) is 3.35. The number of aryl methyl sites for hydroxylation is 1. The van der Waals surface area contributed by atoms with E-state index in [1.54, 1.807) is 0 Å². The number of carboxylic acids is 2. The van der Waals surface area contributed by atoms with Crippen LogP contribution < -0.4 is 10.6 Å². The quantitative estimate of drug-likeness (QED) is 0.333. The summed E-state index contributed by atoms with van der Waals surface area (Å²) < 4.78 is 1.86. The van der Waals surface area contributed by atoms with Gasteiger partial charge >= 0.3 is 11.9 Å². The van der Waals surface area contributed by atoms with E-state index in [0.29, 0.717) is 11.3 Å². The minimum Gasteiger partial charge on any atom is -0.480 e. The lowest BCUT2D eigenvalue weighted by molar-refractivity contribution is -0.142. The maximum absolute atomic E-state index is 12.1. The fourth-order valence-corrected chi connectivity index (χ4v) is 5.59. The van der Waals surface area contributed by atoms with Gasteiger partial charge in [0.2, 0.25) is 5.91 Å². The Labute approximate surface area is 181 Å². The highest BCUT2D eigenvalue weighted by Crippen LogP contribution is 2.30. The fraction of sp³-hybridized carbons (Fsp3) is 0.429. The van der Waals surface area contributed by atoms with Crippen molar-refractivity contribution in [3.63, 3.8) is 0 Å². The van der Waals surface area contributed by atoms with Gasteiger partial charge in [0.25, 0.3) is 0 Å². The lowest BCUT2D eigenvalue weighted by Crippen LogP contribution is -2.55. The smallest absolute Gasteiger partial charge is 0.352 e. The van der Waals surface area contributed by atoms with Crippen LogP contribution in [0.1, 0.15) is 5.01 Å². The molecule has 3 rings (SSSR count). The van der Waals surface area contributed by atoms with Crippen molar-refractivity contribution in [2.24, 2.45) is 0 Å². The van der Waals surface area contributed by atoms with E-state index in [-0.39, 0.29) is 18.0 Å². The van der Waals surface area contributed by atoms with Crippen molar-refractivity contribution >= 4 is 52.7 Å². The van der Waals surface area contributed by atoms with Gasteiger partial charge in [-0.05, 0) is 22.9 Å². The molecule has 2 atom stereocenters. The third-order valence-electron chi connectivity index (χ3n) is 3.75. The number of carbonyl (C=O) groups is 3. The zero-order valence-electron chi connectivity index (χ0n) is 15.4. The number of hydrogen-bond donors (Lipinski definition) is 4. The summed E-state index contributed by atoms with van der Waals surface area (Å²) in [6, 6.07) is -1.35. The molecule has 2 aromatic rings. The molecule has 0 saturated heterocycles. The standard InChI is InChI=1S/C14H16N8O5S3/c1-6-18-19-14(30-6)29-4-7-3-28-11(17-9(7)12(24)25)10(13(26)27)16-8(23)2-22-5-15-20-21-22/h5,10-11,17H,2-4H2,1H3,(H,16,23)(H,24,25)(H,26,27)/t10-,11+/m0/s1. The van der Waals surface area contributed by atoms with Crippen LogP contribution in [0.3, 0.4) is 0 Å². The average molecular weight is 473 g/mol. The van der Waals surface area contributed by atoms with Crippen molar-refractivity contribution in [2.45, 2.75) is 29.2 Å². The number of carboxylic acid groups (broad SMARTS) is 2. The second-order valence-corrected chi connectivity index (χ2v) is 9.46.